The van der Waals surface area contributed by atoms with E-state index in [-0.39, 0.29) is 5.69 Å². The van der Waals surface area contributed by atoms with Crippen LogP contribution >= 0.6 is 11.6 Å². The Morgan fingerprint density at radius 2 is 2.21 bits per heavy atom. The molecule has 1 heterocycles. The molecular formula is C13H13ClN2O3. The molecule has 0 radical (unpaired) electrons. The predicted octanol–water partition coefficient (Wildman–Crippen LogP) is 2.79. The second-order valence-corrected chi connectivity index (χ2v) is 4.34. The molecule has 0 saturated carbocycles. The number of aromatic nitrogens is 2. The molecule has 0 saturated heterocycles. The molecule has 0 aliphatic carbocycles. The van der Waals surface area contributed by atoms with Gasteiger partial charge in [0.2, 0.25) is 0 Å². The normalized spacial score (nSPS) is 10.5. The van der Waals surface area contributed by atoms with Crippen LogP contribution in [0.25, 0.3) is 5.69 Å². The molecule has 0 atom stereocenters. The second-order valence-electron chi connectivity index (χ2n) is 3.91. The van der Waals surface area contributed by atoms with Crippen LogP contribution in [0, 0.1) is 0 Å². The van der Waals surface area contributed by atoms with E-state index in [4.69, 9.17) is 21.4 Å². The number of hydrogen-bond acceptors (Lipinski definition) is 3. The molecule has 0 spiro atoms. The Bertz CT molecular complexity index is 622. The molecule has 100 valence electrons. The Hall–Kier alpha value is -2.01. The highest BCUT2D eigenvalue weighted by molar-refractivity contribution is 6.30. The topological polar surface area (TPSA) is 64.3 Å². The number of aromatic carboxylic acids is 1. The summed E-state index contributed by atoms with van der Waals surface area (Å²) in [5.74, 6) is -0.478. The van der Waals surface area contributed by atoms with Gasteiger partial charge in [0.1, 0.15) is 11.4 Å². The average molecular weight is 281 g/mol. The third-order valence-corrected chi connectivity index (χ3v) is 2.97. The summed E-state index contributed by atoms with van der Waals surface area (Å²) in [5, 5.41) is 13.6. The van der Waals surface area contributed by atoms with Crippen molar-refractivity contribution >= 4 is 17.6 Å². The van der Waals surface area contributed by atoms with Crippen LogP contribution in [0.3, 0.4) is 0 Å². The van der Waals surface area contributed by atoms with Crippen molar-refractivity contribution in [2.24, 2.45) is 0 Å². The fourth-order valence-electron chi connectivity index (χ4n) is 1.81. The maximum Gasteiger partial charge on any atom is 0.356 e. The number of carboxylic acids is 1. The molecule has 2 aromatic rings. The fraction of sp³-hybridized carbons (Fsp3) is 0.231. The molecule has 0 aliphatic rings. The number of carboxylic acid groups (broad SMARTS) is 1. The van der Waals surface area contributed by atoms with Gasteiger partial charge >= 0.3 is 5.97 Å². The highest BCUT2D eigenvalue weighted by Crippen LogP contribution is 2.27. The minimum atomic E-state index is -1.06. The zero-order valence-corrected chi connectivity index (χ0v) is 11.3. The van der Waals surface area contributed by atoms with E-state index in [1.807, 2.05) is 6.92 Å². The quantitative estimate of drug-likeness (QED) is 0.935. The summed E-state index contributed by atoms with van der Waals surface area (Å²) >= 11 is 5.98. The largest absolute Gasteiger partial charge is 0.494 e. The Balaban J connectivity index is 2.63. The monoisotopic (exact) mass is 280 g/mol. The van der Waals surface area contributed by atoms with E-state index in [2.05, 4.69) is 5.10 Å². The van der Waals surface area contributed by atoms with Gasteiger partial charge < -0.3 is 9.84 Å². The highest BCUT2D eigenvalue weighted by atomic mass is 35.5. The highest BCUT2D eigenvalue weighted by Gasteiger charge is 2.16. The number of ether oxygens (including phenoxy) is 1. The predicted molar refractivity (Wildman–Crippen MR) is 71.5 cm³/mol. The van der Waals surface area contributed by atoms with Crippen LogP contribution in [-0.2, 0) is 6.42 Å². The molecule has 0 unspecified atom stereocenters. The van der Waals surface area contributed by atoms with Crippen LogP contribution in [0.1, 0.15) is 23.1 Å². The van der Waals surface area contributed by atoms with E-state index in [1.165, 1.54) is 0 Å². The lowest BCUT2D eigenvalue weighted by Gasteiger charge is -2.11. The number of hydrogen-bond donors (Lipinski definition) is 1. The first-order valence-corrected chi connectivity index (χ1v) is 6.10. The number of nitrogens with zero attached hydrogens (tertiary/aromatic N) is 2. The lowest BCUT2D eigenvalue weighted by molar-refractivity contribution is 0.0690. The Kier molecular flexibility index (Phi) is 3.76. The first kappa shape index (κ1) is 13.4. The van der Waals surface area contributed by atoms with Crippen LogP contribution < -0.4 is 4.74 Å². The molecule has 0 bridgehead atoms. The zero-order chi connectivity index (χ0) is 14.0. The smallest absolute Gasteiger partial charge is 0.356 e. The molecule has 0 aliphatic heterocycles. The van der Waals surface area contributed by atoms with Crippen LogP contribution in [0.4, 0.5) is 0 Å². The van der Waals surface area contributed by atoms with Crippen LogP contribution in [-0.4, -0.2) is 28.0 Å². The fourth-order valence-corrected chi connectivity index (χ4v) is 1.98. The van der Waals surface area contributed by atoms with Crippen molar-refractivity contribution in [1.29, 1.82) is 0 Å². The summed E-state index contributed by atoms with van der Waals surface area (Å²) in [6, 6.07) is 6.66. The lowest BCUT2D eigenvalue weighted by atomic mass is 10.2. The summed E-state index contributed by atoms with van der Waals surface area (Å²) in [6.45, 7) is 1.93. The van der Waals surface area contributed by atoms with Crippen molar-refractivity contribution in [3.05, 3.63) is 40.7 Å². The van der Waals surface area contributed by atoms with Gasteiger partial charge in [-0.25, -0.2) is 9.48 Å². The molecule has 2 rings (SSSR count). The van der Waals surface area contributed by atoms with E-state index in [9.17, 15) is 4.79 Å². The van der Waals surface area contributed by atoms with Gasteiger partial charge in [0, 0.05) is 10.7 Å². The first-order valence-electron chi connectivity index (χ1n) is 5.73. The zero-order valence-electron chi connectivity index (χ0n) is 10.6. The number of carbonyl (C=O) groups is 1. The van der Waals surface area contributed by atoms with Gasteiger partial charge in [-0.2, -0.15) is 5.10 Å². The van der Waals surface area contributed by atoms with Gasteiger partial charge in [-0.1, -0.05) is 18.5 Å². The first-order chi connectivity index (χ1) is 9.06. The standard InChI is InChI=1S/C13H13ClN2O3/c1-3-9-7-10(13(17)18)15-16(9)11-6-8(14)4-5-12(11)19-2/h4-7H,3H2,1-2H3,(H,17,18). The molecule has 5 nitrogen and oxygen atoms in total. The molecule has 19 heavy (non-hydrogen) atoms. The van der Waals surface area contributed by atoms with E-state index in [0.29, 0.717) is 22.9 Å². The van der Waals surface area contributed by atoms with E-state index in [1.54, 1.807) is 36.1 Å². The molecule has 0 fully saturated rings. The maximum atomic E-state index is 11.0. The molecule has 1 aromatic heterocycles. The summed E-state index contributed by atoms with van der Waals surface area (Å²) in [4.78, 5) is 11.0. The molecule has 0 amide bonds. The number of methoxy groups -OCH3 is 1. The third kappa shape index (κ3) is 2.56. The Morgan fingerprint density at radius 3 is 2.79 bits per heavy atom. The van der Waals surface area contributed by atoms with Crippen LogP contribution in [0.5, 0.6) is 5.75 Å². The van der Waals surface area contributed by atoms with Gasteiger partial charge in [0.25, 0.3) is 0 Å². The molecule has 1 aromatic carbocycles. The number of rotatable bonds is 4. The van der Waals surface area contributed by atoms with Gasteiger partial charge in [0.15, 0.2) is 5.69 Å². The Labute approximate surface area is 115 Å². The van der Waals surface area contributed by atoms with Crippen molar-refractivity contribution in [1.82, 2.24) is 9.78 Å². The van der Waals surface area contributed by atoms with Gasteiger partial charge in [0.05, 0.1) is 7.11 Å². The summed E-state index contributed by atoms with van der Waals surface area (Å²) in [5.41, 5.74) is 1.40. The number of halogens is 1. The third-order valence-electron chi connectivity index (χ3n) is 2.73. The van der Waals surface area contributed by atoms with E-state index < -0.39 is 5.97 Å². The van der Waals surface area contributed by atoms with Crippen LogP contribution in [0.15, 0.2) is 24.3 Å². The summed E-state index contributed by atoms with van der Waals surface area (Å²) in [6.07, 6.45) is 0.649. The minimum Gasteiger partial charge on any atom is -0.494 e. The van der Waals surface area contributed by atoms with Gasteiger partial charge in [-0.3, -0.25) is 0 Å². The van der Waals surface area contributed by atoms with Crippen molar-refractivity contribution in [2.45, 2.75) is 13.3 Å². The van der Waals surface area contributed by atoms with Gasteiger partial charge in [-0.15, -0.1) is 0 Å². The minimum absolute atomic E-state index is 0.00104. The summed E-state index contributed by atoms with van der Waals surface area (Å²) in [7, 11) is 1.54. The van der Waals surface area contributed by atoms with E-state index >= 15 is 0 Å². The molecule has 6 heteroatoms. The lowest BCUT2D eigenvalue weighted by Crippen LogP contribution is -2.05. The molecule has 1 N–H and O–H groups in total. The summed E-state index contributed by atoms with van der Waals surface area (Å²) < 4.78 is 6.81. The number of aryl methyl sites for hydroxylation is 1. The SMILES string of the molecule is CCc1cc(C(=O)O)nn1-c1cc(Cl)ccc1OC. The second kappa shape index (κ2) is 5.32. The Morgan fingerprint density at radius 1 is 1.47 bits per heavy atom. The molecular weight excluding hydrogens is 268 g/mol. The number of benzene rings is 1. The van der Waals surface area contributed by atoms with Crippen molar-refractivity contribution < 1.29 is 14.6 Å². The van der Waals surface area contributed by atoms with Crippen LogP contribution in [0.2, 0.25) is 5.02 Å². The maximum absolute atomic E-state index is 11.0. The van der Waals surface area contributed by atoms with Crippen molar-refractivity contribution in [3.63, 3.8) is 0 Å². The van der Waals surface area contributed by atoms with Crippen molar-refractivity contribution in [2.75, 3.05) is 7.11 Å². The average Bonchev–Trinajstić information content (AvgIpc) is 2.82. The van der Waals surface area contributed by atoms with E-state index in [0.717, 1.165) is 5.69 Å². The van der Waals surface area contributed by atoms with Crippen molar-refractivity contribution in [3.8, 4) is 11.4 Å². The van der Waals surface area contributed by atoms with Gasteiger partial charge in [-0.05, 0) is 30.7 Å².